The molecule has 1 aliphatic heterocycles. The predicted octanol–water partition coefficient (Wildman–Crippen LogP) is 3.66. The van der Waals surface area contributed by atoms with Gasteiger partial charge in [-0.3, -0.25) is 4.79 Å². The van der Waals surface area contributed by atoms with Gasteiger partial charge in [0.2, 0.25) is 0 Å². The molecule has 0 saturated carbocycles. The number of fused-ring (bicyclic) bond motifs is 2. The van der Waals surface area contributed by atoms with Gasteiger partial charge in [-0.2, -0.15) is 0 Å². The Labute approximate surface area is 162 Å². The smallest absolute Gasteiger partial charge is 0.506 e. The topological polar surface area (TPSA) is 94.1 Å². The molecule has 148 valence electrons. The summed E-state index contributed by atoms with van der Waals surface area (Å²) in [7, 11) is 0. The number of amides is 1. The molecule has 2 N–H and O–H groups in total. The van der Waals surface area contributed by atoms with Gasteiger partial charge < -0.3 is 24.6 Å². The van der Waals surface area contributed by atoms with Gasteiger partial charge in [-0.25, -0.2) is 4.79 Å². The molecule has 0 atom stereocenters. The molecule has 0 bridgehead atoms. The first-order chi connectivity index (χ1) is 13.8. The largest absolute Gasteiger partial charge is 0.586 e. The second-order valence-electron chi connectivity index (χ2n) is 6.14. The van der Waals surface area contributed by atoms with Crippen LogP contribution >= 0.6 is 0 Å². The number of alkyl halides is 2. The van der Waals surface area contributed by atoms with Crippen molar-refractivity contribution in [3.63, 3.8) is 0 Å². The Morgan fingerprint density at radius 2 is 1.79 bits per heavy atom. The predicted molar refractivity (Wildman–Crippen MR) is 97.2 cm³/mol. The van der Waals surface area contributed by atoms with E-state index < -0.39 is 24.8 Å². The van der Waals surface area contributed by atoms with Crippen LogP contribution in [0.5, 0.6) is 17.2 Å². The summed E-state index contributed by atoms with van der Waals surface area (Å²) in [5, 5.41) is 13.9. The second-order valence-corrected chi connectivity index (χ2v) is 6.14. The summed E-state index contributed by atoms with van der Waals surface area (Å²) < 4.78 is 39.5. The number of ether oxygens (including phenoxy) is 3. The summed E-state index contributed by atoms with van der Waals surface area (Å²) in [6.45, 7) is -0.643. The van der Waals surface area contributed by atoms with Gasteiger partial charge in [0.1, 0.15) is 11.3 Å². The Bertz CT molecular complexity index is 1130. The number of esters is 1. The normalized spacial score (nSPS) is 13.9. The van der Waals surface area contributed by atoms with E-state index in [4.69, 9.17) is 4.74 Å². The summed E-state index contributed by atoms with van der Waals surface area (Å²) >= 11 is 0. The molecule has 0 unspecified atom stereocenters. The van der Waals surface area contributed by atoms with Crippen molar-refractivity contribution in [3.8, 4) is 17.2 Å². The van der Waals surface area contributed by atoms with Gasteiger partial charge in [0.15, 0.2) is 18.1 Å². The van der Waals surface area contributed by atoms with Crippen LogP contribution in [0, 0.1) is 0 Å². The summed E-state index contributed by atoms with van der Waals surface area (Å²) in [6.07, 6.45) is -3.76. The zero-order valence-corrected chi connectivity index (χ0v) is 14.6. The molecule has 0 radical (unpaired) electrons. The number of carbonyl (C=O) groups is 2. The SMILES string of the molecule is O=C(COC(=O)c1ccc2ccccc2c1O)Nc1ccc2c(c1)OC(F)(F)O2. The number of phenolic OH excluding ortho intramolecular Hbond substituents is 1. The van der Waals surface area contributed by atoms with Gasteiger partial charge in [0.25, 0.3) is 5.91 Å². The first kappa shape index (κ1) is 18.5. The van der Waals surface area contributed by atoms with Crippen LogP contribution in [0.25, 0.3) is 10.8 Å². The monoisotopic (exact) mass is 401 g/mol. The number of hydrogen-bond donors (Lipinski definition) is 2. The summed E-state index contributed by atoms with van der Waals surface area (Å²) in [5.74, 6) is -2.22. The van der Waals surface area contributed by atoms with Gasteiger partial charge >= 0.3 is 12.3 Å². The van der Waals surface area contributed by atoms with Crippen molar-refractivity contribution >= 4 is 28.3 Å². The Morgan fingerprint density at radius 1 is 1.03 bits per heavy atom. The number of halogens is 2. The lowest BCUT2D eigenvalue weighted by Crippen LogP contribution is -2.25. The van der Waals surface area contributed by atoms with Gasteiger partial charge in [-0.1, -0.05) is 30.3 Å². The molecule has 0 spiro atoms. The van der Waals surface area contributed by atoms with Crippen molar-refractivity contribution in [1.29, 1.82) is 0 Å². The van der Waals surface area contributed by atoms with Crippen LogP contribution < -0.4 is 14.8 Å². The fraction of sp³-hybridized carbons (Fsp3) is 0.100. The van der Waals surface area contributed by atoms with Gasteiger partial charge in [0.05, 0.1) is 0 Å². The average Bonchev–Trinajstić information content (AvgIpc) is 2.99. The minimum Gasteiger partial charge on any atom is -0.506 e. The standard InChI is InChI=1S/C20H13F2NO6/c21-20(22)28-15-8-6-12(9-16(15)29-20)23-17(24)10-27-19(26)14-7-5-11-3-1-2-4-13(11)18(14)25/h1-9,25H,10H2,(H,23,24). The zero-order valence-electron chi connectivity index (χ0n) is 14.6. The van der Waals surface area contributed by atoms with Crippen LogP contribution in [0.2, 0.25) is 0 Å². The molecule has 1 aliphatic rings. The van der Waals surface area contributed by atoms with E-state index >= 15 is 0 Å². The number of benzene rings is 3. The number of phenols is 1. The highest BCUT2D eigenvalue weighted by atomic mass is 19.3. The quantitative estimate of drug-likeness (QED) is 0.648. The van der Waals surface area contributed by atoms with E-state index in [1.54, 1.807) is 30.3 Å². The highest BCUT2D eigenvalue weighted by molar-refractivity contribution is 6.02. The lowest BCUT2D eigenvalue weighted by atomic mass is 10.1. The molecule has 3 aromatic carbocycles. The molecule has 0 aromatic heterocycles. The van der Waals surface area contributed by atoms with Gasteiger partial charge in [-0.15, -0.1) is 8.78 Å². The molecule has 3 aromatic rings. The van der Waals surface area contributed by atoms with Crippen LogP contribution in [0.4, 0.5) is 14.5 Å². The number of rotatable bonds is 4. The first-order valence-corrected chi connectivity index (χ1v) is 8.40. The Hall–Kier alpha value is -3.88. The Balaban J connectivity index is 1.39. The van der Waals surface area contributed by atoms with Crippen LogP contribution in [-0.4, -0.2) is 29.9 Å². The molecular formula is C20H13F2NO6. The molecule has 0 saturated heterocycles. The third kappa shape index (κ3) is 3.75. The van der Waals surface area contributed by atoms with E-state index in [2.05, 4.69) is 14.8 Å². The molecule has 1 amide bonds. The Morgan fingerprint density at radius 3 is 2.62 bits per heavy atom. The molecule has 4 rings (SSSR count). The van der Waals surface area contributed by atoms with E-state index in [0.29, 0.717) is 5.39 Å². The third-order valence-electron chi connectivity index (χ3n) is 4.14. The van der Waals surface area contributed by atoms with Crippen molar-refractivity contribution in [2.45, 2.75) is 6.29 Å². The lowest BCUT2D eigenvalue weighted by Gasteiger charge is -2.09. The van der Waals surface area contributed by atoms with Crippen LogP contribution in [0.15, 0.2) is 54.6 Å². The number of aromatic hydroxyl groups is 1. The van der Waals surface area contributed by atoms with Crippen molar-refractivity contribution in [3.05, 3.63) is 60.2 Å². The van der Waals surface area contributed by atoms with Crippen LogP contribution in [0.3, 0.4) is 0 Å². The van der Waals surface area contributed by atoms with Crippen molar-refractivity contribution in [1.82, 2.24) is 0 Å². The minimum atomic E-state index is -3.76. The zero-order chi connectivity index (χ0) is 20.6. The third-order valence-corrected chi connectivity index (χ3v) is 4.14. The maximum atomic E-state index is 13.0. The fourth-order valence-corrected chi connectivity index (χ4v) is 2.85. The second kappa shape index (κ2) is 6.93. The van der Waals surface area contributed by atoms with E-state index in [9.17, 15) is 23.5 Å². The maximum absolute atomic E-state index is 13.0. The van der Waals surface area contributed by atoms with E-state index in [0.717, 1.165) is 11.5 Å². The molecule has 0 fully saturated rings. The Kier molecular flexibility index (Phi) is 4.42. The minimum absolute atomic E-state index is 0.0817. The highest BCUT2D eigenvalue weighted by Crippen LogP contribution is 2.42. The van der Waals surface area contributed by atoms with Gasteiger partial charge in [0, 0.05) is 17.1 Å². The number of hydrogen-bond acceptors (Lipinski definition) is 6. The number of nitrogens with one attached hydrogen (secondary N) is 1. The van der Waals surface area contributed by atoms with E-state index in [1.807, 2.05) is 0 Å². The van der Waals surface area contributed by atoms with Gasteiger partial charge in [-0.05, 0) is 23.6 Å². The van der Waals surface area contributed by atoms with E-state index in [1.165, 1.54) is 18.2 Å². The first-order valence-electron chi connectivity index (χ1n) is 8.40. The van der Waals surface area contributed by atoms with Crippen LogP contribution in [0.1, 0.15) is 10.4 Å². The summed E-state index contributed by atoms with van der Waals surface area (Å²) in [5.41, 5.74) is 0.0708. The molecular weight excluding hydrogens is 388 g/mol. The van der Waals surface area contributed by atoms with Crippen molar-refractivity contribution in [2.75, 3.05) is 11.9 Å². The molecule has 0 aliphatic carbocycles. The summed E-state index contributed by atoms with van der Waals surface area (Å²) in [4.78, 5) is 24.2. The maximum Gasteiger partial charge on any atom is 0.586 e. The van der Waals surface area contributed by atoms with Crippen molar-refractivity contribution in [2.24, 2.45) is 0 Å². The summed E-state index contributed by atoms with van der Waals surface area (Å²) in [6, 6.07) is 13.7. The number of anilines is 1. The number of carbonyl (C=O) groups excluding carboxylic acids is 2. The molecule has 29 heavy (non-hydrogen) atoms. The molecule has 7 nitrogen and oxygen atoms in total. The van der Waals surface area contributed by atoms with Crippen LogP contribution in [-0.2, 0) is 9.53 Å². The lowest BCUT2D eigenvalue weighted by molar-refractivity contribution is -0.286. The molecule has 1 heterocycles. The van der Waals surface area contributed by atoms with E-state index in [-0.39, 0.29) is 28.5 Å². The average molecular weight is 401 g/mol. The highest BCUT2D eigenvalue weighted by Gasteiger charge is 2.43. The molecule has 9 heteroatoms. The fourth-order valence-electron chi connectivity index (χ4n) is 2.85. The van der Waals surface area contributed by atoms with Crippen molar-refractivity contribution < 1.29 is 37.7 Å².